The highest BCUT2D eigenvalue weighted by Gasteiger charge is 2.12. The van der Waals surface area contributed by atoms with Crippen LogP contribution in [0.4, 0.5) is 5.69 Å². The van der Waals surface area contributed by atoms with E-state index >= 15 is 0 Å². The maximum absolute atomic E-state index is 12.0. The number of carboxylic acids is 1. The first-order valence-corrected chi connectivity index (χ1v) is 6.24. The summed E-state index contributed by atoms with van der Waals surface area (Å²) in [6.45, 7) is 1.68. The Bertz CT molecular complexity index is 635. The molecule has 0 radical (unpaired) electrons. The van der Waals surface area contributed by atoms with Crippen molar-refractivity contribution in [3.05, 3.63) is 65.2 Å². The average Bonchev–Trinajstić information content (AvgIpc) is 2.42. The lowest BCUT2D eigenvalue weighted by molar-refractivity contribution is -0.115. The summed E-state index contributed by atoms with van der Waals surface area (Å²) in [6, 6.07) is 14.2. The predicted molar refractivity (Wildman–Crippen MR) is 76.9 cm³/mol. The Morgan fingerprint density at radius 2 is 1.75 bits per heavy atom. The zero-order valence-corrected chi connectivity index (χ0v) is 11.1. The van der Waals surface area contributed by atoms with Gasteiger partial charge in [-0.25, -0.2) is 4.79 Å². The number of aromatic carboxylic acids is 1. The molecule has 2 rings (SSSR count). The molecule has 4 heteroatoms. The van der Waals surface area contributed by atoms with Crippen LogP contribution in [0, 0.1) is 6.92 Å². The van der Waals surface area contributed by atoms with E-state index in [1.807, 2.05) is 30.3 Å². The molecule has 0 aliphatic heterocycles. The van der Waals surface area contributed by atoms with Gasteiger partial charge in [-0.15, -0.1) is 0 Å². The zero-order valence-electron chi connectivity index (χ0n) is 11.1. The molecule has 0 atom stereocenters. The molecule has 0 bridgehead atoms. The highest BCUT2D eigenvalue weighted by atomic mass is 16.4. The van der Waals surface area contributed by atoms with E-state index in [2.05, 4.69) is 5.32 Å². The molecule has 20 heavy (non-hydrogen) atoms. The molecule has 2 aromatic rings. The van der Waals surface area contributed by atoms with Gasteiger partial charge in [0.15, 0.2) is 0 Å². The summed E-state index contributed by atoms with van der Waals surface area (Å²) >= 11 is 0. The van der Waals surface area contributed by atoms with Crippen molar-refractivity contribution in [1.82, 2.24) is 0 Å². The van der Waals surface area contributed by atoms with Crippen molar-refractivity contribution in [2.24, 2.45) is 0 Å². The second-order valence-electron chi connectivity index (χ2n) is 4.49. The van der Waals surface area contributed by atoms with Crippen molar-refractivity contribution in [2.45, 2.75) is 13.3 Å². The van der Waals surface area contributed by atoms with Gasteiger partial charge in [0.25, 0.3) is 0 Å². The predicted octanol–water partition coefficient (Wildman–Crippen LogP) is 2.87. The Labute approximate surface area is 117 Å². The number of anilines is 1. The summed E-state index contributed by atoms with van der Waals surface area (Å²) in [5.74, 6) is -1.16. The van der Waals surface area contributed by atoms with Crippen LogP contribution >= 0.6 is 0 Å². The number of hydrogen-bond donors (Lipinski definition) is 2. The summed E-state index contributed by atoms with van der Waals surface area (Å²) in [5, 5.41) is 11.8. The van der Waals surface area contributed by atoms with E-state index in [0.29, 0.717) is 11.3 Å². The van der Waals surface area contributed by atoms with Gasteiger partial charge in [0, 0.05) is 5.69 Å². The second kappa shape index (κ2) is 6.02. The van der Waals surface area contributed by atoms with Crippen molar-refractivity contribution in [2.75, 3.05) is 5.32 Å². The second-order valence-corrected chi connectivity index (χ2v) is 4.49. The highest BCUT2D eigenvalue weighted by molar-refractivity contribution is 5.96. The van der Waals surface area contributed by atoms with Gasteiger partial charge in [-0.05, 0) is 30.2 Å². The monoisotopic (exact) mass is 269 g/mol. The van der Waals surface area contributed by atoms with E-state index in [9.17, 15) is 9.59 Å². The molecule has 0 saturated heterocycles. The summed E-state index contributed by atoms with van der Waals surface area (Å²) < 4.78 is 0. The third-order valence-corrected chi connectivity index (χ3v) is 3.05. The van der Waals surface area contributed by atoms with Crippen LogP contribution in [-0.4, -0.2) is 17.0 Å². The molecule has 0 fully saturated rings. The number of benzene rings is 2. The smallest absolute Gasteiger partial charge is 0.336 e. The molecule has 0 saturated carbocycles. The molecule has 0 spiro atoms. The molecule has 4 nitrogen and oxygen atoms in total. The SMILES string of the molecule is Cc1c(NC(=O)Cc2ccccc2)cccc1C(=O)O. The molecule has 2 aromatic carbocycles. The first-order valence-electron chi connectivity index (χ1n) is 6.24. The third-order valence-electron chi connectivity index (χ3n) is 3.05. The number of amides is 1. The fourth-order valence-electron chi connectivity index (χ4n) is 1.98. The number of carbonyl (C=O) groups excluding carboxylic acids is 1. The van der Waals surface area contributed by atoms with Crippen LogP contribution in [0.2, 0.25) is 0 Å². The molecule has 0 aliphatic carbocycles. The van der Waals surface area contributed by atoms with Crippen LogP contribution < -0.4 is 5.32 Å². The summed E-state index contributed by atoms with van der Waals surface area (Å²) in [6.07, 6.45) is 0.261. The van der Waals surface area contributed by atoms with Gasteiger partial charge >= 0.3 is 5.97 Å². The van der Waals surface area contributed by atoms with Crippen LogP contribution in [0.1, 0.15) is 21.5 Å². The van der Waals surface area contributed by atoms with Crippen LogP contribution in [0.25, 0.3) is 0 Å². The molecule has 102 valence electrons. The lowest BCUT2D eigenvalue weighted by Gasteiger charge is -2.10. The van der Waals surface area contributed by atoms with Gasteiger partial charge in [0.1, 0.15) is 0 Å². The third kappa shape index (κ3) is 3.23. The topological polar surface area (TPSA) is 66.4 Å². The lowest BCUT2D eigenvalue weighted by atomic mass is 10.1. The maximum Gasteiger partial charge on any atom is 0.336 e. The van der Waals surface area contributed by atoms with Gasteiger partial charge in [0.2, 0.25) is 5.91 Å². The van der Waals surface area contributed by atoms with Crippen molar-refractivity contribution >= 4 is 17.6 Å². The molecule has 0 heterocycles. The Morgan fingerprint density at radius 3 is 2.40 bits per heavy atom. The number of rotatable bonds is 4. The van der Waals surface area contributed by atoms with Crippen molar-refractivity contribution in [3.8, 4) is 0 Å². The standard InChI is InChI=1S/C16H15NO3/c1-11-13(16(19)20)8-5-9-14(11)17-15(18)10-12-6-3-2-4-7-12/h2-9H,10H2,1H3,(H,17,18)(H,19,20). The van der Waals surface area contributed by atoms with E-state index in [1.165, 1.54) is 6.07 Å². The number of nitrogens with one attached hydrogen (secondary N) is 1. The Hall–Kier alpha value is -2.62. The van der Waals surface area contributed by atoms with Crippen LogP contribution in [-0.2, 0) is 11.2 Å². The highest BCUT2D eigenvalue weighted by Crippen LogP contribution is 2.19. The van der Waals surface area contributed by atoms with Crippen LogP contribution in [0.3, 0.4) is 0 Å². The number of carboxylic acid groups (broad SMARTS) is 1. The van der Waals surface area contributed by atoms with E-state index in [0.717, 1.165) is 5.56 Å². The lowest BCUT2D eigenvalue weighted by Crippen LogP contribution is -2.16. The van der Waals surface area contributed by atoms with Crippen molar-refractivity contribution in [3.63, 3.8) is 0 Å². The number of carbonyl (C=O) groups is 2. The summed E-state index contributed by atoms with van der Waals surface area (Å²) in [5.41, 5.74) is 2.20. The van der Waals surface area contributed by atoms with Gasteiger partial charge in [0.05, 0.1) is 12.0 Å². The first kappa shape index (κ1) is 13.8. The molecule has 0 unspecified atom stereocenters. The Balaban J connectivity index is 2.12. The summed E-state index contributed by atoms with van der Waals surface area (Å²) in [7, 11) is 0. The molecule has 0 aromatic heterocycles. The average molecular weight is 269 g/mol. The van der Waals surface area contributed by atoms with E-state index in [1.54, 1.807) is 19.1 Å². The van der Waals surface area contributed by atoms with E-state index in [4.69, 9.17) is 5.11 Å². The Kier molecular flexibility index (Phi) is 4.15. The quantitative estimate of drug-likeness (QED) is 0.896. The Morgan fingerprint density at radius 1 is 1.05 bits per heavy atom. The molecule has 0 aliphatic rings. The van der Waals surface area contributed by atoms with Gasteiger partial charge < -0.3 is 10.4 Å². The van der Waals surface area contributed by atoms with Crippen molar-refractivity contribution in [1.29, 1.82) is 0 Å². The fraction of sp³-hybridized carbons (Fsp3) is 0.125. The molecular formula is C16H15NO3. The molecule has 2 N–H and O–H groups in total. The van der Waals surface area contributed by atoms with Crippen LogP contribution in [0.5, 0.6) is 0 Å². The van der Waals surface area contributed by atoms with Gasteiger partial charge in [-0.2, -0.15) is 0 Å². The van der Waals surface area contributed by atoms with Gasteiger partial charge in [-0.3, -0.25) is 4.79 Å². The normalized spacial score (nSPS) is 10.1. The minimum Gasteiger partial charge on any atom is -0.478 e. The van der Waals surface area contributed by atoms with Crippen LogP contribution in [0.15, 0.2) is 48.5 Å². The van der Waals surface area contributed by atoms with Gasteiger partial charge in [-0.1, -0.05) is 36.4 Å². The molecule has 1 amide bonds. The minimum atomic E-state index is -0.998. The van der Waals surface area contributed by atoms with E-state index < -0.39 is 5.97 Å². The van der Waals surface area contributed by atoms with E-state index in [-0.39, 0.29) is 17.9 Å². The maximum atomic E-state index is 12.0. The van der Waals surface area contributed by atoms with Crippen molar-refractivity contribution < 1.29 is 14.7 Å². The molecular weight excluding hydrogens is 254 g/mol. The summed E-state index contributed by atoms with van der Waals surface area (Å²) in [4.78, 5) is 23.0. The number of hydrogen-bond acceptors (Lipinski definition) is 2. The fourth-order valence-corrected chi connectivity index (χ4v) is 1.98. The first-order chi connectivity index (χ1) is 9.58. The zero-order chi connectivity index (χ0) is 14.5. The largest absolute Gasteiger partial charge is 0.478 e. The minimum absolute atomic E-state index is 0.165.